The lowest BCUT2D eigenvalue weighted by Crippen LogP contribution is -2.57. The number of aliphatic hydroxyl groups excluding tert-OH is 1. The number of ether oxygens (including phenoxy) is 3. The molecule has 0 aliphatic carbocycles. The van der Waals surface area contributed by atoms with Crippen LogP contribution in [0.5, 0.6) is 0 Å². The maximum absolute atomic E-state index is 13.8. The van der Waals surface area contributed by atoms with E-state index < -0.39 is 42.7 Å². The number of hydrogen-bond donors (Lipinski definition) is 1. The van der Waals surface area contributed by atoms with Crippen LogP contribution < -0.4 is 0 Å². The van der Waals surface area contributed by atoms with E-state index in [1.807, 2.05) is 0 Å². The van der Waals surface area contributed by atoms with Gasteiger partial charge in [0.2, 0.25) is 12.5 Å². The van der Waals surface area contributed by atoms with Gasteiger partial charge in [-0.2, -0.15) is 0 Å². The third-order valence-electron chi connectivity index (χ3n) is 2.32. The molecule has 0 aromatic heterocycles. The standard InChI is InChI=1S/C10H15FO6/c1-4-8(14)9(16-5(2)12)7(11)10(15-4)17-6(3)13/h4,7-10,14H,1-3H3/t4-,7+,8+,9-,10-/m0/s1. The molecule has 98 valence electrons. The molecular weight excluding hydrogens is 235 g/mol. The second-order valence-corrected chi connectivity index (χ2v) is 3.83. The van der Waals surface area contributed by atoms with Crippen molar-refractivity contribution in [1.29, 1.82) is 0 Å². The van der Waals surface area contributed by atoms with Gasteiger partial charge in [0.05, 0.1) is 6.10 Å². The SMILES string of the molecule is CC(=O)O[C@@H]1O[C@@H](C)[C@@H](O)[C@@H](OC(C)=O)[C@H]1F. The molecule has 0 amide bonds. The molecule has 0 aromatic rings. The monoisotopic (exact) mass is 250 g/mol. The van der Waals surface area contributed by atoms with E-state index in [0.29, 0.717) is 0 Å². The lowest BCUT2D eigenvalue weighted by molar-refractivity contribution is -0.272. The average molecular weight is 250 g/mol. The Morgan fingerprint density at radius 2 is 1.76 bits per heavy atom. The summed E-state index contributed by atoms with van der Waals surface area (Å²) >= 11 is 0. The van der Waals surface area contributed by atoms with Crippen LogP contribution in [0.2, 0.25) is 0 Å². The van der Waals surface area contributed by atoms with Crippen LogP contribution in [0.15, 0.2) is 0 Å². The minimum atomic E-state index is -1.92. The number of hydrogen-bond acceptors (Lipinski definition) is 6. The van der Waals surface area contributed by atoms with Crippen molar-refractivity contribution in [3.05, 3.63) is 0 Å². The fraction of sp³-hybridized carbons (Fsp3) is 0.800. The van der Waals surface area contributed by atoms with Crippen LogP contribution in [0.4, 0.5) is 4.39 Å². The number of carbonyl (C=O) groups is 2. The fourth-order valence-corrected chi connectivity index (χ4v) is 1.56. The largest absolute Gasteiger partial charge is 0.456 e. The molecular formula is C10H15FO6. The van der Waals surface area contributed by atoms with Gasteiger partial charge in [0.15, 0.2) is 6.10 Å². The smallest absolute Gasteiger partial charge is 0.305 e. The number of esters is 2. The summed E-state index contributed by atoms with van der Waals surface area (Å²) in [5.74, 6) is -1.45. The first-order chi connectivity index (χ1) is 7.82. The molecule has 17 heavy (non-hydrogen) atoms. The molecule has 0 radical (unpaired) electrons. The van der Waals surface area contributed by atoms with Gasteiger partial charge in [0, 0.05) is 13.8 Å². The van der Waals surface area contributed by atoms with Crippen molar-refractivity contribution in [3.63, 3.8) is 0 Å². The summed E-state index contributed by atoms with van der Waals surface area (Å²) in [6.07, 6.45) is -6.92. The van der Waals surface area contributed by atoms with Crippen LogP contribution in [0.3, 0.4) is 0 Å². The molecule has 1 saturated heterocycles. The zero-order chi connectivity index (χ0) is 13.2. The summed E-state index contributed by atoms with van der Waals surface area (Å²) in [7, 11) is 0. The summed E-state index contributed by atoms with van der Waals surface area (Å²) in [5.41, 5.74) is 0. The third-order valence-corrected chi connectivity index (χ3v) is 2.32. The zero-order valence-electron chi connectivity index (χ0n) is 9.75. The predicted octanol–water partition coefficient (Wildman–Crippen LogP) is -0.0750. The molecule has 1 heterocycles. The van der Waals surface area contributed by atoms with E-state index in [1.54, 1.807) is 0 Å². The van der Waals surface area contributed by atoms with Crippen LogP contribution in [0.1, 0.15) is 20.8 Å². The van der Waals surface area contributed by atoms with Gasteiger partial charge in [-0.25, -0.2) is 4.39 Å². The molecule has 1 fully saturated rings. The lowest BCUT2D eigenvalue weighted by atomic mass is 10.0. The van der Waals surface area contributed by atoms with Crippen molar-refractivity contribution in [2.24, 2.45) is 0 Å². The van der Waals surface area contributed by atoms with Gasteiger partial charge < -0.3 is 19.3 Å². The maximum atomic E-state index is 13.8. The molecule has 7 heteroatoms. The minimum Gasteiger partial charge on any atom is -0.456 e. The summed E-state index contributed by atoms with van der Waals surface area (Å²) < 4.78 is 28.0. The second kappa shape index (κ2) is 5.42. The van der Waals surface area contributed by atoms with Gasteiger partial charge in [-0.1, -0.05) is 0 Å². The zero-order valence-corrected chi connectivity index (χ0v) is 9.75. The quantitative estimate of drug-likeness (QED) is 0.690. The lowest BCUT2D eigenvalue weighted by Gasteiger charge is -2.38. The van der Waals surface area contributed by atoms with Gasteiger partial charge in [0.25, 0.3) is 0 Å². The Labute approximate surface area is 97.6 Å². The van der Waals surface area contributed by atoms with Crippen LogP contribution in [-0.2, 0) is 23.8 Å². The number of halogens is 1. The predicted molar refractivity (Wildman–Crippen MR) is 52.6 cm³/mol. The molecule has 0 bridgehead atoms. The second-order valence-electron chi connectivity index (χ2n) is 3.83. The first-order valence-electron chi connectivity index (χ1n) is 5.15. The van der Waals surface area contributed by atoms with E-state index in [-0.39, 0.29) is 0 Å². The summed E-state index contributed by atoms with van der Waals surface area (Å²) in [4.78, 5) is 21.5. The number of aliphatic hydroxyl groups is 1. The van der Waals surface area contributed by atoms with Crippen LogP contribution in [0.25, 0.3) is 0 Å². The van der Waals surface area contributed by atoms with E-state index in [9.17, 15) is 19.1 Å². The molecule has 0 saturated carbocycles. The van der Waals surface area contributed by atoms with Crippen molar-refractivity contribution in [1.82, 2.24) is 0 Å². The number of rotatable bonds is 2. The Balaban J connectivity index is 2.78. The minimum absolute atomic E-state index is 0.720. The Morgan fingerprint density at radius 1 is 1.24 bits per heavy atom. The highest BCUT2D eigenvalue weighted by molar-refractivity contribution is 5.66. The molecule has 0 aromatic carbocycles. The molecule has 1 aliphatic heterocycles. The van der Waals surface area contributed by atoms with Gasteiger partial charge in [-0.3, -0.25) is 9.59 Å². The van der Waals surface area contributed by atoms with Gasteiger partial charge >= 0.3 is 11.9 Å². The first-order valence-corrected chi connectivity index (χ1v) is 5.15. The van der Waals surface area contributed by atoms with Crippen LogP contribution >= 0.6 is 0 Å². The number of alkyl halides is 1. The van der Waals surface area contributed by atoms with E-state index in [4.69, 9.17) is 4.74 Å². The maximum Gasteiger partial charge on any atom is 0.305 e. The van der Waals surface area contributed by atoms with Crippen molar-refractivity contribution in [2.75, 3.05) is 0 Å². The van der Waals surface area contributed by atoms with E-state index in [2.05, 4.69) is 9.47 Å². The molecule has 1 rings (SSSR count). The van der Waals surface area contributed by atoms with Gasteiger partial charge in [-0.15, -0.1) is 0 Å². The molecule has 1 aliphatic rings. The van der Waals surface area contributed by atoms with Crippen LogP contribution in [0, 0.1) is 0 Å². The van der Waals surface area contributed by atoms with Crippen LogP contribution in [-0.4, -0.2) is 47.8 Å². The first kappa shape index (κ1) is 13.9. The molecule has 1 N–H and O–H groups in total. The highest BCUT2D eigenvalue weighted by atomic mass is 19.1. The molecule has 0 unspecified atom stereocenters. The van der Waals surface area contributed by atoms with Gasteiger partial charge in [-0.05, 0) is 6.92 Å². The summed E-state index contributed by atoms with van der Waals surface area (Å²) in [6.45, 7) is 3.66. The Bertz CT molecular complexity index is 307. The van der Waals surface area contributed by atoms with Crippen molar-refractivity contribution in [3.8, 4) is 0 Å². The highest BCUT2D eigenvalue weighted by Gasteiger charge is 2.47. The molecule has 6 nitrogen and oxygen atoms in total. The van der Waals surface area contributed by atoms with Crippen molar-refractivity contribution in [2.45, 2.75) is 51.5 Å². The number of carbonyl (C=O) groups excluding carboxylic acids is 2. The van der Waals surface area contributed by atoms with Gasteiger partial charge in [0.1, 0.15) is 6.10 Å². The summed E-state index contributed by atoms with van der Waals surface area (Å²) in [6, 6.07) is 0. The van der Waals surface area contributed by atoms with Crippen molar-refractivity contribution >= 4 is 11.9 Å². The van der Waals surface area contributed by atoms with E-state index in [1.165, 1.54) is 6.92 Å². The molecule has 5 atom stereocenters. The third kappa shape index (κ3) is 3.37. The Kier molecular flexibility index (Phi) is 4.41. The normalized spacial score (nSPS) is 37.4. The Hall–Kier alpha value is -1.21. The van der Waals surface area contributed by atoms with Crippen molar-refractivity contribution < 1.29 is 33.3 Å². The van der Waals surface area contributed by atoms with E-state index >= 15 is 0 Å². The average Bonchev–Trinajstić information content (AvgIpc) is 2.20. The highest BCUT2D eigenvalue weighted by Crippen LogP contribution is 2.26. The Morgan fingerprint density at radius 3 is 2.24 bits per heavy atom. The topological polar surface area (TPSA) is 82.1 Å². The summed E-state index contributed by atoms with van der Waals surface area (Å²) in [5, 5.41) is 9.63. The fourth-order valence-electron chi connectivity index (χ4n) is 1.56. The molecule has 0 spiro atoms. The van der Waals surface area contributed by atoms with E-state index in [0.717, 1.165) is 13.8 Å².